The molecule has 5 nitrogen and oxygen atoms in total. The highest BCUT2D eigenvalue weighted by Crippen LogP contribution is 1.85. The Morgan fingerprint density at radius 1 is 1.47 bits per heavy atom. The molecule has 0 aliphatic heterocycles. The highest BCUT2D eigenvalue weighted by molar-refractivity contribution is 5.90. The predicted octanol–water partition coefficient (Wildman–Crippen LogP) is 1.50. The Hall–Kier alpha value is -1.83. The third kappa shape index (κ3) is 12.2. The van der Waals surface area contributed by atoms with Crippen LogP contribution in [0, 0.1) is 11.3 Å². The molecule has 0 heterocycles. The Morgan fingerprint density at radius 2 is 2.00 bits per heavy atom. The lowest BCUT2D eigenvalue weighted by molar-refractivity contribution is -0.143. The number of ether oxygens (including phenoxy) is 1. The molecule has 15 heavy (non-hydrogen) atoms. The zero-order chi connectivity index (χ0) is 12.3. The van der Waals surface area contributed by atoms with E-state index in [4.69, 9.17) is 15.1 Å². The van der Waals surface area contributed by atoms with Crippen molar-refractivity contribution in [1.29, 1.82) is 5.26 Å². The minimum Gasteiger partial charge on any atom is -0.477 e. The van der Waals surface area contributed by atoms with E-state index in [2.05, 4.69) is 6.58 Å². The number of nitrogens with zero attached hydrogens (tertiary/aromatic N) is 1. The normalized spacial score (nSPS) is 7.80. The Balaban J connectivity index is 0. The average Bonchev–Trinajstić information content (AvgIpc) is 2.25. The highest BCUT2D eigenvalue weighted by atomic mass is 16.5. The maximum Gasteiger partial charge on any atom is 0.345 e. The van der Waals surface area contributed by atoms with Crippen LogP contribution < -0.4 is 0 Å². The number of aliphatic carboxylic acids is 1. The van der Waals surface area contributed by atoms with Crippen LogP contribution in [0.2, 0.25) is 0 Å². The van der Waals surface area contributed by atoms with Gasteiger partial charge in [-0.3, -0.25) is 4.79 Å². The molecule has 0 fully saturated rings. The van der Waals surface area contributed by atoms with E-state index in [-0.39, 0.29) is 5.97 Å². The molecule has 0 aliphatic carbocycles. The number of esters is 1. The van der Waals surface area contributed by atoms with E-state index in [9.17, 15) is 9.59 Å². The van der Waals surface area contributed by atoms with Crippen molar-refractivity contribution in [1.82, 2.24) is 0 Å². The maximum atomic E-state index is 10.3. The van der Waals surface area contributed by atoms with Crippen LogP contribution in [-0.4, -0.2) is 23.7 Å². The number of hydrogen-bond donors (Lipinski definition) is 1. The van der Waals surface area contributed by atoms with Crippen molar-refractivity contribution in [2.45, 2.75) is 26.7 Å². The number of carboxylic acid groups (broad SMARTS) is 1. The first-order valence-corrected chi connectivity index (χ1v) is 4.47. The molecule has 5 heteroatoms. The third-order valence-corrected chi connectivity index (χ3v) is 1.15. The summed E-state index contributed by atoms with van der Waals surface area (Å²) in [4.78, 5) is 20.0. The van der Waals surface area contributed by atoms with Crippen molar-refractivity contribution in [2.75, 3.05) is 6.61 Å². The van der Waals surface area contributed by atoms with Crippen LogP contribution in [0.4, 0.5) is 0 Å². The van der Waals surface area contributed by atoms with E-state index in [0.29, 0.717) is 13.0 Å². The van der Waals surface area contributed by atoms with E-state index in [1.54, 1.807) is 6.92 Å². The van der Waals surface area contributed by atoms with Gasteiger partial charge in [0.1, 0.15) is 11.6 Å². The summed E-state index contributed by atoms with van der Waals surface area (Å²) in [6.45, 7) is 7.24. The number of hydrogen-bond acceptors (Lipinski definition) is 4. The highest BCUT2D eigenvalue weighted by Gasteiger charge is 1.97. The van der Waals surface area contributed by atoms with Gasteiger partial charge in [-0.05, 0) is 6.42 Å². The molecule has 0 aromatic rings. The smallest absolute Gasteiger partial charge is 0.345 e. The molecular formula is C10H15NO4. The fourth-order valence-corrected chi connectivity index (χ4v) is 0.366. The molecule has 84 valence electrons. The van der Waals surface area contributed by atoms with Crippen molar-refractivity contribution < 1.29 is 19.4 Å². The first-order valence-electron chi connectivity index (χ1n) is 4.47. The molecule has 0 saturated heterocycles. The standard InChI is InChI=1S/C6H12O2.C4H3NO2/c1-3-5-8-6(7)4-2;1-3(2-5)4(6)7/h3-5H2,1-2H3;1H2,(H,6,7). The van der Waals surface area contributed by atoms with Crippen LogP contribution in [0.1, 0.15) is 26.7 Å². The van der Waals surface area contributed by atoms with Gasteiger partial charge in [-0.15, -0.1) is 0 Å². The summed E-state index contributed by atoms with van der Waals surface area (Å²) in [5.41, 5.74) is -0.431. The molecule has 1 N–H and O–H groups in total. The maximum absolute atomic E-state index is 10.3. The average molecular weight is 213 g/mol. The second-order valence-electron chi connectivity index (χ2n) is 2.47. The molecule has 0 unspecified atom stereocenters. The minimum absolute atomic E-state index is 0.105. The molecular weight excluding hydrogens is 198 g/mol. The van der Waals surface area contributed by atoms with Gasteiger partial charge >= 0.3 is 11.9 Å². The molecule has 0 aromatic carbocycles. The largest absolute Gasteiger partial charge is 0.477 e. The Labute approximate surface area is 89.0 Å². The quantitative estimate of drug-likeness (QED) is 0.434. The van der Waals surface area contributed by atoms with Crippen molar-refractivity contribution in [2.24, 2.45) is 0 Å². The van der Waals surface area contributed by atoms with Gasteiger partial charge in [0, 0.05) is 6.42 Å². The summed E-state index contributed by atoms with van der Waals surface area (Å²) in [7, 11) is 0. The monoisotopic (exact) mass is 213 g/mol. The molecule has 0 aliphatic rings. The number of rotatable bonds is 4. The van der Waals surface area contributed by atoms with Crippen LogP contribution in [0.5, 0.6) is 0 Å². The van der Waals surface area contributed by atoms with Gasteiger partial charge in [0.15, 0.2) is 0 Å². The molecule has 0 saturated carbocycles. The van der Waals surface area contributed by atoms with Crippen molar-refractivity contribution >= 4 is 11.9 Å². The van der Waals surface area contributed by atoms with Crippen molar-refractivity contribution in [3.63, 3.8) is 0 Å². The van der Waals surface area contributed by atoms with Crippen LogP contribution in [-0.2, 0) is 14.3 Å². The summed E-state index contributed by atoms with van der Waals surface area (Å²) in [6.07, 6.45) is 1.39. The second kappa shape index (κ2) is 10.3. The molecule has 0 amide bonds. The van der Waals surface area contributed by atoms with Crippen molar-refractivity contribution in [3.05, 3.63) is 12.2 Å². The topological polar surface area (TPSA) is 87.4 Å². The summed E-state index contributed by atoms with van der Waals surface area (Å²) in [6, 6.07) is 1.37. The fourth-order valence-electron chi connectivity index (χ4n) is 0.366. The summed E-state index contributed by atoms with van der Waals surface area (Å²) >= 11 is 0. The van der Waals surface area contributed by atoms with Gasteiger partial charge < -0.3 is 9.84 Å². The number of carbonyl (C=O) groups excluding carboxylic acids is 1. The third-order valence-electron chi connectivity index (χ3n) is 1.15. The van der Waals surface area contributed by atoms with Crippen LogP contribution >= 0.6 is 0 Å². The molecule has 0 bridgehead atoms. The van der Waals surface area contributed by atoms with Gasteiger partial charge in [-0.1, -0.05) is 20.4 Å². The second-order valence-corrected chi connectivity index (χ2v) is 2.47. The Morgan fingerprint density at radius 3 is 2.20 bits per heavy atom. The molecule has 0 radical (unpaired) electrons. The molecule has 0 atom stereocenters. The summed E-state index contributed by atoms with van der Waals surface area (Å²) in [5.74, 6) is -1.37. The summed E-state index contributed by atoms with van der Waals surface area (Å²) < 4.78 is 4.70. The van der Waals surface area contributed by atoms with Gasteiger partial charge in [0.2, 0.25) is 0 Å². The zero-order valence-corrected chi connectivity index (χ0v) is 8.95. The van der Waals surface area contributed by atoms with Gasteiger partial charge in [-0.2, -0.15) is 5.26 Å². The van der Waals surface area contributed by atoms with E-state index < -0.39 is 11.5 Å². The summed E-state index contributed by atoms with van der Waals surface area (Å²) in [5, 5.41) is 15.6. The Kier molecular flexibility index (Phi) is 10.7. The van der Waals surface area contributed by atoms with E-state index in [0.717, 1.165) is 6.42 Å². The number of carbonyl (C=O) groups is 2. The molecule has 0 aromatic heterocycles. The minimum atomic E-state index is -1.26. The fraction of sp³-hybridized carbons (Fsp3) is 0.500. The Bertz CT molecular complexity index is 265. The van der Waals surface area contributed by atoms with Gasteiger partial charge in [0.25, 0.3) is 0 Å². The lowest BCUT2D eigenvalue weighted by Crippen LogP contribution is -2.02. The first kappa shape index (κ1) is 15.6. The van der Waals surface area contributed by atoms with Crippen LogP contribution in [0.25, 0.3) is 0 Å². The van der Waals surface area contributed by atoms with Crippen LogP contribution in [0.15, 0.2) is 12.2 Å². The van der Waals surface area contributed by atoms with E-state index in [1.807, 2.05) is 6.92 Å². The van der Waals surface area contributed by atoms with Crippen LogP contribution in [0.3, 0.4) is 0 Å². The predicted molar refractivity (Wildman–Crippen MR) is 53.9 cm³/mol. The first-order chi connectivity index (χ1) is 6.99. The number of nitriles is 1. The molecule has 0 spiro atoms. The zero-order valence-electron chi connectivity index (χ0n) is 8.95. The van der Waals surface area contributed by atoms with E-state index in [1.165, 1.54) is 6.07 Å². The van der Waals surface area contributed by atoms with E-state index >= 15 is 0 Å². The molecule has 0 rings (SSSR count). The number of carboxylic acids is 1. The lowest BCUT2D eigenvalue weighted by atomic mass is 10.4. The lowest BCUT2D eigenvalue weighted by Gasteiger charge is -1.97. The van der Waals surface area contributed by atoms with Gasteiger partial charge in [0.05, 0.1) is 6.61 Å². The van der Waals surface area contributed by atoms with Crippen molar-refractivity contribution in [3.8, 4) is 6.07 Å². The SMILES string of the molecule is C=C(C#N)C(=O)O.CCCOC(=O)CC. The van der Waals surface area contributed by atoms with Gasteiger partial charge in [-0.25, -0.2) is 4.79 Å².